The van der Waals surface area contributed by atoms with E-state index in [1.54, 1.807) is 0 Å². The minimum atomic E-state index is -0.744. The summed E-state index contributed by atoms with van der Waals surface area (Å²) >= 11 is 0. The fourth-order valence-corrected chi connectivity index (χ4v) is 2.47. The molecule has 0 aromatic heterocycles. The first kappa shape index (κ1) is 8.47. The second-order valence-electron chi connectivity index (χ2n) is 3.98. The van der Waals surface area contributed by atoms with Crippen molar-refractivity contribution in [3.8, 4) is 0 Å². The van der Waals surface area contributed by atoms with Gasteiger partial charge in [-0.05, 0) is 24.0 Å². The summed E-state index contributed by atoms with van der Waals surface area (Å²) in [5.41, 5.74) is 1.81. The molecule has 1 saturated heterocycles. The third-order valence-corrected chi connectivity index (χ3v) is 3.17. The van der Waals surface area contributed by atoms with Gasteiger partial charge in [0, 0.05) is 6.54 Å². The van der Waals surface area contributed by atoms with Crippen LogP contribution in [0.2, 0.25) is 0 Å². The Morgan fingerprint density at radius 1 is 1.43 bits per heavy atom. The van der Waals surface area contributed by atoms with Gasteiger partial charge in [0.2, 0.25) is 0 Å². The Kier molecular flexibility index (Phi) is 1.71. The third-order valence-electron chi connectivity index (χ3n) is 3.17. The molecule has 2 N–H and O–H groups in total. The second-order valence-corrected chi connectivity index (χ2v) is 3.98. The molecule has 1 aromatic carbocycles. The van der Waals surface area contributed by atoms with Crippen LogP contribution in [0.4, 0.5) is 0 Å². The van der Waals surface area contributed by atoms with Crippen molar-refractivity contribution in [2.24, 2.45) is 0 Å². The monoisotopic (exact) mass is 189 g/mol. The molecule has 0 saturated carbocycles. The van der Waals surface area contributed by atoms with Crippen LogP contribution in [0, 0.1) is 0 Å². The SMILES string of the molecule is OB1OC2(CCNC2)c2ccccc21. The molecule has 0 radical (unpaired) electrons. The van der Waals surface area contributed by atoms with Crippen LogP contribution in [-0.4, -0.2) is 25.2 Å². The highest BCUT2D eigenvalue weighted by molar-refractivity contribution is 6.62. The van der Waals surface area contributed by atoms with Crippen molar-refractivity contribution in [1.29, 1.82) is 0 Å². The number of fused-ring (bicyclic) bond motifs is 2. The minimum absolute atomic E-state index is 0.268. The van der Waals surface area contributed by atoms with Crippen LogP contribution >= 0.6 is 0 Å². The van der Waals surface area contributed by atoms with Gasteiger partial charge in [-0.3, -0.25) is 0 Å². The van der Waals surface area contributed by atoms with E-state index in [-0.39, 0.29) is 5.60 Å². The minimum Gasteiger partial charge on any atom is -0.423 e. The zero-order chi connectivity index (χ0) is 9.60. The number of hydrogen-bond acceptors (Lipinski definition) is 3. The zero-order valence-corrected chi connectivity index (χ0v) is 7.86. The summed E-state index contributed by atoms with van der Waals surface area (Å²) in [6.45, 7) is 1.77. The van der Waals surface area contributed by atoms with Crippen molar-refractivity contribution in [2.75, 3.05) is 13.1 Å². The Balaban J connectivity index is 2.13. The predicted molar refractivity (Wildman–Crippen MR) is 54.3 cm³/mol. The summed E-state index contributed by atoms with van der Waals surface area (Å²) in [6.07, 6.45) is 0.946. The number of rotatable bonds is 0. The number of hydrogen-bond donors (Lipinski definition) is 2. The maximum absolute atomic E-state index is 9.76. The van der Waals surface area contributed by atoms with Gasteiger partial charge in [-0.2, -0.15) is 0 Å². The van der Waals surface area contributed by atoms with Gasteiger partial charge in [0.1, 0.15) is 0 Å². The lowest BCUT2D eigenvalue weighted by Gasteiger charge is -2.23. The van der Waals surface area contributed by atoms with Gasteiger partial charge in [-0.1, -0.05) is 24.3 Å². The van der Waals surface area contributed by atoms with Gasteiger partial charge in [0.25, 0.3) is 0 Å². The van der Waals surface area contributed by atoms with E-state index in [0.717, 1.165) is 30.5 Å². The molecule has 3 nitrogen and oxygen atoms in total. The van der Waals surface area contributed by atoms with Gasteiger partial charge in [0.05, 0.1) is 5.60 Å². The molecule has 2 heterocycles. The Morgan fingerprint density at radius 3 is 3.07 bits per heavy atom. The Hall–Kier alpha value is -0.835. The second kappa shape index (κ2) is 2.83. The van der Waals surface area contributed by atoms with E-state index in [1.807, 2.05) is 18.2 Å². The highest BCUT2D eigenvalue weighted by Gasteiger charge is 2.48. The van der Waals surface area contributed by atoms with E-state index < -0.39 is 7.12 Å². The normalized spacial score (nSPS) is 29.9. The van der Waals surface area contributed by atoms with E-state index in [1.165, 1.54) is 0 Å². The lowest BCUT2D eigenvalue weighted by molar-refractivity contribution is 0.0816. The lowest BCUT2D eigenvalue weighted by Crippen LogP contribution is -2.31. The van der Waals surface area contributed by atoms with Crippen molar-refractivity contribution in [3.63, 3.8) is 0 Å². The number of nitrogens with one attached hydrogen (secondary N) is 1. The van der Waals surface area contributed by atoms with Gasteiger partial charge < -0.3 is 15.0 Å². The molecule has 2 aliphatic heterocycles. The molecule has 0 bridgehead atoms. The largest absolute Gasteiger partial charge is 0.492 e. The van der Waals surface area contributed by atoms with E-state index >= 15 is 0 Å². The maximum atomic E-state index is 9.76. The summed E-state index contributed by atoms with van der Waals surface area (Å²) in [5.74, 6) is 0. The highest BCUT2D eigenvalue weighted by atomic mass is 16.5. The quantitative estimate of drug-likeness (QED) is 0.545. The summed E-state index contributed by atoms with van der Waals surface area (Å²) in [4.78, 5) is 0. The molecule has 1 aromatic rings. The van der Waals surface area contributed by atoms with Crippen molar-refractivity contribution in [1.82, 2.24) is 5.32 Å². The van der Waals surface area contributed by atoms with E-state index in [4.69, 9.17) is 4.65 Å². The van der Waals surface area contributed by atoms with E-state index in [9.17, 15) is 5.02 Å². The molecule has 3 rings (SSSR count). The topological polar surface area (TPSA) is 41.5 Å². The Labute approximate surface area is 83.2 Å². The smallest absolute Gasteiger partial charge is 0.423 e. The van der Waals surface area contributed by atoms with Crippen molar-refractivity contribution in [2.45, 2.75) is 12.0 Å². The predicted octanol–water partition coefficient (Wildman–Crippen LogP) is -0.407. The summed E-state index contributed by atoms with van der Waals surface area (Å²) in [7, 11) is -0.744. The first-order valence-corrected chi connectivity index (χ1v) is 4.98. The lowest BCUT2D eigenvalue weighted by atomic mass is 9.78. The summed E-state index contributed by atoms with van der Waals surface area (Å²) in [5, 5.41) is 13.0. The zero-order valence-electron chi connectivity index (χ0n) is 7.86. The molecule has 4 heteroatoms. The summed E-state index contributed by atoms with van der Waals surface area (Å²) in [6, 6.07) is 7.93. The Morgan fingerprint density at radius 2 is 2.29 bits per heavy atom. The van der Waals surface area contributed by atoms with Crippen LogP contribution in [0.1, 0.15) is 12.0 Å². The average Bonchev–Trinajstić information content (AvgIpc) is 2.77. The van der Waals surface area contributed by atoms with Crippen LogP contribution in [0.3, 0.4) is 0 Å². The van der Waals surface area contributed by atoms with Gasteiger partial charge >= 0.3 is 7.12 Å². The first-order chi connectivity index (χ1) is 6.82. The molecule has 2 aliphatic rings. The van der Waals surface area contributed by atoms with Crippen molar-refractivity contribution >= 4 is 12.6 Å². The average molecular weight is 189 g/mol. The molecule has 0 amide bonds. The molecule has 1 fully saturated rings. The molecule has 1 atom stereocenters. The van der Waals surface area contributed by atoms with E-state index in [2.05, 4.69) is 11.4 Å². The maximum Gasteiger partial charge on any atom is 0.492 e. The van der Waals surface area contributed by atoms with Crippen LogP contribution in [0.25, 0.3) is 0 Å². The fourth-order valence-electron chi connectivity index (χ4n) is 2.47. The standard InChI is InChI=1S/C10H12BNO2/c13-11-9-4-2-1-3-8(9)10(14-11)5-6-12-7-10/h1-4,12-13H,5-7H2. The molecule has 1 unspecified atom stereocenters. The molecule has 0 aliphatic carbocycles. The van der Waals surface area contributed by atoms with Crippen LogP contribution < -0.4 is 10.8 Å². The third kappa shape index (κ3) is 0.988. The molecule has 72 valence electrons. The van der Waals surface area contributed by atoms with Crippen molar-refractivity contribution < 1.29 is 9.68 Å². The molecular formula is C10H12BNO2. The molecular weight excluding hydrogens is 177 g/mol. The summed E-state index contributed by atoms with van der Waals surface area (Å²) < 4.78 is 5.67. The van der Waals surface area contributed by atoms with E-state index in [0.29, 0.717) is 0 Å². The number of benzene rings is 1. The molecule has 14 heavy (non-hydrogen) atoms. The fraction of sp³-hybridized carbons (Fsp3) is 0.400. The highest BCUT2D eigenvalue weighted by Crippen LogP contribution is 2.35. The molecule has 1 spiro atoms. The van der Waals surface area contributed by atoms with Gasteiger partial charge in [0.15, 0.2) is 0 Å². The van der Waals surface area contributed by atoms with Gasteiger partial charge in [-0.15, -0.1) is 0 Å². The van der Waals surface area contributed by atoms with Crippen LogP contribution in [0.5, 0.6) is 0 Å². The Bertz CT molecular complexity index is 363. The van der Waals surface area contributed by atoms with Gasteiger partial charge in [-0.25, -0.2) is 0 Å². The van der Waals surface area contributed by atoms with Crippen LogP contribution in [0.15, 0.2) is 24.3 Å². The van der Waals surface area contributed by atoms with Crippen molar-refractivity contribution in [3.05, 3.63) is 29.8 Å². The van der Waals surface area contributed by atoms with Crippen LogP contribution in [-0.2, 0) is 10.3 Å². The first-order valence-electron chi connectivity index (χ1n) is 4.98.